The maximum Gasteiger partial charge on any atom is 0.224 e. The Labute approximate surface area is 120 Å². The lowest BCUT2D eigenvalue weighted by Gasteiger charge is -2.27. The Hall–Kier alpha value is -2.15. The molecule has 0 radical (unpaired) electrons. The summed E-state index contributed by atoms with van der Waals surface area (Å²) in [7, 11) is 0. The summed E-state index contributed by atoms with van der Waals surface area (Å²) in [6, 6.07) is 4.46. The molecule has 0 aliphatic carbocycles. The Morgan fingerprint density at radius 2 is 2.25 bits per heavy atom. The molecule has 0 aromatic carbocycles. The number of imidazole rings is 1. The predicted molar refractivity (Wildman–Crippen MR) is 81.7 cm³/mol. The van der Waals surface area contributed by atoms with E-state index in [2.05, 4.69) is 56.2 Å². The fourth-order valence-electron chi connectivity index (χ4n) is 2.11. The number of aromatic nitrogens is 4. The van der Waals surface area contributed by atoms with E-state index in [0.717, 1.165) is 17.9 Å². The number of nitrogens with one attached hydrogen (secondary N) is 1. The molecular formula is C13H16N6S. The summed E-state index contributed by atoms with van der Waals surface area (Å²) in [5, 5.41) is 2.08. The number of nitrogens with zero attached hydrogens (tertiary/aromatic N) is 4. The van der Waals surface area contributed by atoms with Gasteiger partial charge in [-0.3, -0.25) is 0 Å². The minimum atomic E-state index is 0.247. The van der Waals surface area contributed by atoms with Crippen molar-refractivity contribution in [2.24, 2.45) is 0 Å². The molecule has 0 bridgehead atoms. The summed E-state index contributed by atoms with van der Waals surface area (Å²) in [6.45, 7) is 5.06. The lowest BCUT2D eigenvalue weighted by Crippen LogP contribution is -2.31. The number of nitrogens with two attached hydrogens (primary N) is 1. The van der Waals surface area contributed by atoms with Crippen LogP contribution in [0.3, 0.4) is 0 Å². The number of rotatable bonds is 4. The molecule has 0 saturated heterocycles. The predicted octanol–water partition coefficient (Wildman–Crippen LogP) is 2.41. The Morgan fingerprint density at radius 3 is 2.95 bits per heavy atom. The third kappa shape index (κ3) is 2.32. The average Bonchev–Trinajstić information content (AvgIpc) is 3.05. The molecule has 0 amide bonds. The van der Waals surface area contributed by atoms with Gasteiger partial charge in [0.05, 0.1) is 12.9 Å². The van der Waals surface area contributed by atoms with Crippen LogP contribution < -0.4 is 10.6 Å². The highest BCUT2D eigenvalue weighted by atomic mass is 32.1. The number of thiophene rings is 1. The summed E-state index contributed by atoms with van der Waals surface area (Å²) >= 11 is 1.73. The van der Waals surface area contributed by atoms with Gasteiger partial charge in [0.1, 0.15) is 5.52 Å². The Bertz CT molecular complexity index is 703. The van der Waals surface area contributed by atoms with Gasteiger partial charge in [-0.25, -0.2) is 4.98 Å². The second-order valence-corrected chi connectivity index (χ2v) is 5.84. The van der Waals surface area contributed by atoms with E-state index in [4.69, 9.17) is 5.73 Å². The van der Waals surface area contributed by atoms with Crippen LogP contribution in [0.25, 0.3) is 11.2 Å². The number of nitrogen functional groups attached to an aromatic ring is 1. The van der Waals surface area contributed by atoms with Crippen LogP contribution in [0.1, 0.15) is 18.7 Å². The number of hydrogen-bond donors (Lipinski definition) is 2. The first kappa shape index (κ1) is 12.9. The van der Waals surface area contributed by atoms with Crippen molar-refractivity contribution in [3.8, 4) is 0 Å². The van der Waals surface area contributed by atoms with E-state index in [1.165, 1.54) is 4.88 Å². The third-order valence-electron chi connectivity index (χ3n) is 3.09. The molecule has 7 heteroatoms. The quantitative estimate of drug-likeness (QED) is 0.770. The van der Waals surface area contributed by atoms with Crippen LogP contribution in [0.15, 0.2) is 23.8 Å². The maximum atomic E-state index is 5.80. The zero-order valence-corrected chi connectivity index (χ0v) is 12.2. The van der Waals surface area contributed by atoms with E-state index in [9.17, 15) is 0 Å². The van der Waals surface area contributed by atoms with Crippen LogP contribution >= 0.6 is 11.3 Å². The van der Waals surface area contributed by atoms with Crippen molar-refractivity contribution in [2.75, 3.05) is 10.6 Å². The van der Waals surface area contributed by atoms with Gasteiger partial charge in [-0.2, -0.15) is 9.97 Å². The second kappa shape index (κ2) is 5.09. The van der Waals surface area contributed by atoms with Gasteiger partial charge >= 0.3 is 0 Å². The van der Waals surface area contributed by atoms with Crippen molar-refractivity contribution in [3.05, 3.63) is 28.7 Å². The molecule has 104 valence electrons. The van der Waals surface area contributed by atoms with Crippen LogP contribution in [0.2, 0.25) is 0 Å². The zero-order valence-electron chi connectivity index (χ0n) is 11.4. The van der Waals surface area contributed by atoms with E-state index in [0.29, 0.717) is 5.65 Å². The molecule has 3 aromatic heterocycles. The molecule has 0 aliphatic heterocycles. The minimum absolute atomic E-state index is 0.247. The number of fused-ring (bicyclic) bond motifs is 1. The molecule has 20 heavy (non-hydrogen) atoms. The fourth-order valence-corrected chi connectivity index (χ4v) is 2.82. The van der Waals surface area contributed by atoms with Crippen LogP contribution in [-0.2, 0) is 6.54 Å². The van der Waals surface area contributed by atoms with Gasteiger partial charge in [0.2, 0.25) is 5.95 Å². The van der Waals surface area contributed by atoms with Crippen LogP contribution in [0, 0.1) is 0 Å². The molecule has 0 fully saturated rings. The first-order valence-electron chi connectivity index (χ1n) is 6.41. The molecule has 3 heterocycles. The molecule has 3 rings (SSSR count). The molecule has 0 unspecified atom stereocenters. The maximum absolute atomic E-state index is 5.80. The van der Waals surface area contributed by atoms with E-state index < -0.39 is 0 Å². The standard InChI is InChI=1S/C13H16N6S/c1-8(2)19(6-9-4-3-5-20-9)12-10-11(16-7-15-10)17-13(14)18-12/h3-5,7-8H,6H2,1-2H3,(H3,14,15,16,17,18). The highest BCUT2D eigenvalue weighted by Crippen LogP contribution is 2.26. The van der Waals surface area contributed by atoms with Gasteiger partial charge in [-0.1, -0.05) is 6.07 Å². The minimum Gasteiger partial charge on any atom is -0.368 e. The van der Waals surface area contributed by atoms with Crippen LogP contribution in [-0.4, -0.2) is 26.0 Å². The van der Waals surface area contributed by atoms with Gasteiger partial charge < -0.3 is 15.6 Å². The van der Waals surface area contributed by atoms with Crippen molar-refractivity contribution in [3.63, 3.8) is 0 Å². The molecule has 0 spiro atoms. The lowest BCUT2D eigenvalue weighted by molar-refractivity contribution is 0.679. The monoisotopic (exact) mass is 288 g/mol. The molecule has 3 N–H and O–H groups in total. The smallest absolute Gasteiger partial charge is 0.224 e. The van der Waals surface area contributed by atoms with E-state index in [1.807, 2.05) is 0 Å². The zero-order chi connectivity index (χ0) is 14.1. The van der Waals surface area contributed by atoms with Crippen molar-refractivity contribution in [2.45, 2.75) is 26.4 Å². The van der Waals surface area contributed by atoms with Crippen LogP contribution in [0.5, 0.6) is 0 Å². The normalized spacial score (nSPS) is 11.3. The van der Waals surface area contributed by atoms with Crippen molar-refractivity contribution < 1.29 is 0 Å². The summed E-state index contributed by atoms with van der Waals surface area (Å²) in [4.78, 5) is 19.3. The fraction of sp³-hybridized carbons (Fsp3) is 0.308. The molecule has 0 saturated carbocycles. The molecule has 0 aliphatic rings. The van der Waals surface area contributed by atoms with Gasteiger partial charge in [0.25, 0.3) is 0 Å². The highest BCUT2D eigenvalue weighted by Gasteiger charge is 2.18. The van der Waals surface area contributed by atoms with E-state index in [1.54, 1.807) is 17.7 Å². The molecular weight excluding hydrogens is 272 g/mol. The van der Waals surface area contributed by atoms with E-state index >= 15 is 0 Å². The van der Waals surface area contributed by atoms with Crippen molar-refractivity contribution >= 4 is 34.3 Å². The summed E-state index contributed by atoms with van der Waals surface area (Å²) in [5.41, 5.74) is 7.22. The first-order valence-corrected chi connectivity index (χ1v) is 7.28. The lowest BCUT2D eigenvalue weighted by atomic mass is 10.3. The van der Waals surface area contributed by atoms with Gasteiger partial charge in [0, 0.05) is 10.9 Å². The van der Waals surface area contributed by atoms with E-state index in [-0.39, 0.29) is 12.0 Å². The Balaban J connectivity index is 2.07. The summed E-state index contributed by atoms with van der Waals surface area (Å²) in [6.07, 6.45) is 1.62. The third-order valence-corrected chi connectivity index (χ3v) is 3.95. The van der Waals surface area contributed by atoms with Crippen LogP contribution in [0.4, 0.5) is 11.8 Å². The topological polar surface area (TPSA) is 83.7 Å². The number of H-pyrrole nitrogens is 1. The van der Waals surface area contributed by atoms with Crippen molar-refractivity contribution in [1.82, 2.24) is 19.9 Å². The SMILES string of the molecule is CC(C)N(Cc1cccs1)c1nc(N)nc2nc[nH]c12. The van der Waals surface area contributed by atoms with Gasteiger partial charge in [-0.05, 0) is 25.3 Å². The summed E-state index contributed by atoms with van der Waals surface area (Å²) < 4.78 is 0. The van der Waals surface area contributed by atoms with Gasteiger partial charge in [0.15, 0.2) is 11.5 Å². The highest BCUT2D eigenvalue weighted by molar-refractivity contribution is 7.09. The first-order chi connectivity index (χ1) is 9.65. The average molecular weight is 288 g/mol. The Kier molecular flexibility index (Phi) is 3.27. The number of anilines is 2. The number of aromatic amines is 1. The second-order valence-electron chi connectivity index (χ2n) is 4.81. The number of hydrogen-bond acceptors (Lipinski definition) is 6. The van der Waals surface area contributed by atoms with Gasteiger partial charge in [-0.15, -0.1) is 11.3 Å². The molecule has 6 nitrogen and oxygen atoms in total. The summed E-state index contributed by atoms with van der Waals surface area (Å²) in [5.74, 6) is 1.05. The largest absolute Gasteiger partial charge is 0.368 e. The molecule has 3 aromatic rings. The Morgan fingerprint density at radius 1 is 1.40 bits per heavy atom. The van der Waals surface area contributed by atoms with Crippen molar-refractivity contribution in [1.29, 1.82) is 0 Å². The molecule has 0 atom stereocenters.